The first-order valence-corrected chi connectivity index (χ1v) is 8.85. The summed E-state index contributed by atoms with van der Waals surface area (Å²) in [5.41, 5.74) is 3.30. The minimum atomic E-state index is -0.00434. The van der Waals surface area contributed by atoms with Gasteiger partial charge in [0.2, 0.25) is 0 Å². The summed E-state index contributed by atoms with van der Waals surface area (Å²) < 4.78 is 5.34. The van der Waals surface area contributed by atoms with Crippen LogP contribution in [0.1, 0.15) is 16.1 Å². The second-order valence-electron chi connectivity index (χ2n) is 6.44. The average Bonchev–Trinajstić information content (AvgIpc) is 3.10. The highest BCUT2D eigenvalue weighted by atomic mass is 16.5. The molecule has 2 aromatic carbocycles. The van der Waals surface area contributed by atoms with Crippen LogP contribution in [0, 0.1) is 6.92 Å². The number of para-hydroxylation sites is 1. The Bertz CT molecular complexity index is 882. The summed E-state index contributed by atoms with van der Waals surface area (Å²) in [5.74, 6) is 0.564. The molecule has 0 aliphatic carbocycles. The molecule has 2 heterocycles. The van der Waals surface area contributed by atoms with E-state index >= 15 is 0 Å². The fraction of sp³-hybridized carbons (Fsp3) is 0.238. The first-order valence-electron chi connectivity index (χ1n) is 8.85. The minimum Gasteiger partial charge on any atom is -0.368 e. The van der Waals surface area contributed by atoms with Crippen LogP contribution >= 0.6 is 0 Å². The topological polar surface area (TPSA) is 49.6 Å². The molecule has 4 rings (SSSR count). The van der Waals surface area contributed by atoms with E-state index in [1.165, 1.54) is 5.69 Å². The third kappa shape index (κ3) is 3.08. The van der Waals surface area contributed by atoms with Gasteiger partial charge in [-0.05, 0) is 19.1 Å². The van der Waals surface area contributed by atoms with Gasteiger partial charge in [-0.15, -0.1) is 0 Å². The lowest BCUT2D eigenvalue weighted by molar-refractivity contribution is 0.0745. The Kier molecular flexibility index (Phi) is 4.44. The van der Waals surface area contributed by atoms with Gasteiger partial charge < -0.3 is 14.3 Å². The van der Waals surface area contributed by atoms with Gasteiger partial charge in [0.05, 0.1) is 0 Å². The highest BCUT2D eigenvalue weighted by molar-refractivity contribution is 6.00. The van der Waals surface area contributed by atoms with Crippen LogP contribution in [-0.4, -0.2) is 42.1 Å². The predicted molar refractivity (Wildman–Crippen MR) is 101 cm³/mol. The zero-order chi connectivity index (χ0) is 17.9. The standard InChI is InChI=1S/C21H21N3O2/c1-16-19(20(22-26-16)17-8-4-2-5-9-17)21(25)24-14-12-23(13-15-24)18-10-6-3-7-11-18/h2-11H,12-15H2,1H3. The van der Waals surface area contributed by atoms with E-state index in [4.69, 9.17) is 4.52 Å². The summed E-state index contributed by atoms with van der Waals surface area (Å²) in [6, 6.07) is 20.0. The van der Waals surface area contributed by atoms with Gasteiger partial charge in [0, 0.05) is 37.4 Å². The molecule has 0 N–H and O–H groups in total. The lowest BCUT2D eigenvalue weighted by atomic mass is 10.0. The molecular formula is C21H21N3O2. The van der Waals surface area contributed by atoms with E-state index < -0.39 is 0 Å². The first kappa shape index (κ1) is 16.4. The second-order valence-corrected chi connectivity index (χ2v) is 6.44. The number of hydrogen-bond donors (Lipinski definition) is 0. The van der Waals surface area contributed by atoms with Gasteiger partial charge in [0.15, 0.2) is 0 Å². The monoisotopic (exact) mass is 347 g/mol. The van der Waals surface area contributed by atoms with Crippen molar-refractivity contribution in [3.63, 3.8) is 0 Å². The summed E-state index contributed by atoms with van der Waals surface area (Å²) in [4.78, 5) is 17.3. The van der Waals surface area contributed by atoms with Crippen molar-refractivity contribution >= 4 is 11.6 Å². The Morgan fingerprint density at radius 1 is 0.923 bits per heavy atom. The number of aryl methyl sites for hydroxylation is 1. The molecule has 0 radical (unpaired) electrons. The van der Waals surface area contributed by atoms with Crippen LogP contribution in [0.15, 0.2) is 65.2 Å². The molecule has 0 spiro atoms. The summed E-state index contributed by atoms with van der Waals surface area (Å²) >= 11 is 0. The van der Waals surface area contributed by atoms with Crippen molar-refractivity contribution < 1.29 is 9.32 Å². The van der Waals surface area contributed by atoms with Crippen molar-refractivity contribution in [2.75, 3.05) is 31.1 Å². The van der Waals surface area contributed by atoms with Crippen LogP contribution in [0.3, 0.4) is 0 Å². The molecular weight excluding hydrogens is 326 g/mol. The third-order valence-electron chi connectivity index (χ3n) is 4.81. The molecule has 0 unspecified atom stereocenters. The lowest BCUT2D eigenvalue weighted by Gasteiger charge is -2.36. The molecule has 1 amide bonds. The van der Waals surface area contributed by atoms with E-state index in [2.05, 4.69) is 22.2 Å². The number of hydrogen-bond acceptors (Lipinski definition) is 4. The van der Waals surface area contributed by atoms with Crippen LogP contribution in [-0.2, 0) is 0 Å². The Morgan fingerprint density at radius 3 is 2.19 bits per heavy atom. The van der Waals surface area contributed by atoms with Crippen molar-refractivity contribution in [2.45, 2.75) is 6.92 Å². The van der Waals surface area contributed by atoms with Crippen molar-refractivity contribution in [1.29, 1.82) is 0 Å². The number of nitrogens with zero attached hydrogens (tertiary/aromatic N) is 3. The van der Waals surface area contributed by atoms with E-state index in [9.17, 15) is 4.79 Å². The van der Waals surface area contributed by atoms with Crippen LogP contribution in [0.25, 0.3) is 11.3 Å². The SMILES string of the molecule is Cc1onc(-c2ccccc2)c1C(=O)N1CCN(c2ccccc2)CC1. The van der Waals surface area contributed by atoms with Crippen molar-refractivity contribution in [3.8, 4) is 11.3 Å². The van der Waals surface area contributed by atoms with Crippen LogP contribution in [0.2, 0.25) is 0 Å². The van der Waals surface area contributed by atoms with Gasteiger partial charge in [-0.25, -0.2) is 0 Å². The summed E-state index contributed by atoms with van der Waals surface area (Å²) in [7, 11) is 0. The number of benzene rings is 2. The smallest absolute Gasteiger partial charge is 0.259 e. The summed E-state index contributed by atoms with van der Waals surface area (Å²) in [6.45, 7) is 4.81. The molecule has 1 aliphatic heterocycles. The molecule has 0 bridgehead atoms. The number of carbonyl (C=O) groups is 1. The molecule has 5 nitrogen and oxygen atoms in total. The molecule has 0 saturated carbocycles. The number of amides is 1. The molecule has 1 aliphatic rings. The molecule has 3 aromatic rings. The van der Waals surface area contributed by atoms with Crippen molar-refractivity contribution in [1.82, 2.24) is 10.1 Å². The zero-order valence-electron chi connectivity index (χ0n) is 14.8. The second kappa shape index (κ2) is 7.04. The molecule has 1 fully saturated rings. The number of anilines is 1. The predicted octanol–water partition coefficient (Wildman–Crippen LogP) is 3.61. The summed E-state index contributed by atoms with van der Waals surface area (Å²) in [5, 5.41) is 4.13. The van der Waals surface area contributed by atoms with E-state index in [0.29, 0.717) is 30.1 Å². The van der Waals surface area contributed by atoms with Crippen LogP contribution in [0.5, 0.6) is 0 Å². The van der Waals surface area contributed by atoms with E-state index in [0.717, 1.165) is 18.7 Å². The molecule has 5 heteroatoms. The number of aromatic nitrogens is 1. The highest BCUT2D eigenvalue weighted by Crippen LogP contribution is 2.27. The van der Waals surface area contributed by atoms with Gasteiger partial charge in [-0.1, -0.05) is 53.7 Å². The number of piperazine rings is 1. The van der Waals surface area contributed by atoms with Crippen molar-refractivity contribution in [3.05, 3.63) is 72.0 Å². The summed E-state index contributed by atoms with van der Waals surface area (Å²) in [6.07, 6.45) is 0. The fourth-order valence-electron chi connectivity index (χ4n) is 3.38. The van der Waals surface area contributed by atoms with Crippen LogP contribution in [0.4, 0.5) is 5.69 Å². The maximum absolute atomic E-state index is 13.1. The van der Waals surface area contributed by atoms with Gasteiger partial charge in [-0.2, -0.15) is 0 Å². The largest absolute Gasteiger partial charge is 0.368 e. The number of rotatable bonds is 3. The Balaban J connectivity index is 1.52. The lowest BCUT2D eigenvalue weighted by Crippen LogP contribution is -2.49. The Labute approximate surface area is 152 Å². The maximum Gasteiger partial charge on any atom is 0.259 e. The van der Waals surface area contributed by atoms with Crippen LogP contribution < -0.4 is 4.90 Å². The molecule has 0 atom stereocenters. The quantitative estimate of drug-likeness (QED) is 0.726. The fourth-order valence-corrected chi connectivity index (χ4v) is 3.38. The maximum atomic E-state index is 13.1. The Morgan fingerprint density at radius 2 is 1.54 bits per heavy atom. The molecule has 1 aromatic heterocycles. The average molecular weight is 347 g/mol. The normalized spacial score (nSPS) is 14.5. The van der Waals surface area contributed by atoms with E-state index in [1.54, 1.807) is 6.92 Å². The van der Waals surface area contributed by atoms with E-state index in [1.807, 2.05) is 53.4 Å². The van der Waals surface area contributed by atoms with Gasteiger partial charge in [0.1, 0.15) is 17.0 Å². The minimum absolute atomic E-state index is 0.00434. The van der Waals surface area contributed by atoms with Crippen molar-refractivity contribution in [2.24, 2.45) is 0 Å². The van der Waals surface area contributed by atoms with E-state index in [-0.39, 0.29) is 5.91 Å². The Hall–Kier alpha value is -3.08. The van der Waals surface area contributed by atoms with Gasteiger partial charge in [-0.3, -0.25) is 4.79 Å². The molecule has 26 heavy (non-hydrogen) atoms. The first-order chi connectivity index (χ1) is 12.7. The highest BCUT2D eigenvalue weighted by Gasteiger charge is 2.28. The zero-order valence-corrected chi connectivity index (χ0v) is 14.8. The number of carbonyl (C=O) groups excluding carboxylic acids is 1. The molecule has 132 valence electrons. The van der Waals surface area contributed by atoms with Gasteiger partial charge in [0.25, 0.3) is 5.91 Å². The molecule has 1 saturated heterocycles. The van der Waals surface area contributed by atoms with Gasteiger partial charge >= 0.3 is 0 Å². The third-order valence-corrected chi connectivity index (χ3v) is 4.81.